The lowest BCUT2D eigenvalue weighted by Crippen LogP contribution is -2.33. The second kappa shape index (κ2) is 2.54. The van der Waals surface area contributed by atoms with Gasteiger partial charge >= 0.3 is 5.76 Å². The van der Waals surface area contributed by atoms with E-state index in [1.165, 1.54) is 0 Å². The van der Waals surface area contributed by atoms with Gasteiger partial charge < -0.3 is 8.90 Å². The fourth-order valence-electron chi connectivity index (χ4n) is 0.863. The van der Waals surface area contributed by atoms with Gasteiger partial charge in [-0.3, -0.25) is 4.98 Å². The van der Waals surface area contributed by atoms with Crippen molar-refractivity contribution < 1.29 is 8.90 Å². The van der Waals surface area contributed by atoms with Crippen LogP contribution in [0.2, 0.25) is 0 Å². The van der Waals surface area contributed by atoms with Gasteiger partial charge in [0, 0.05) is 0 Å². The molecule has 62 valence electrons. The van der Waals surface area contributed by atoms with Crippen molar-refractivity contribution in [3.63, 3.8) is 0 Å². The molecule has 0 aromatic carbocycles. The van der Waals surface area contributed by atoms with Crippen LogP contribution in [-0.2, 0) is 6.54 Å². The van der Waals surface area contributed by atoms with Crippen LogP contribution in [0.15, 0.2) is 15.4 Å². The van der Waals surface area contributed by atoms with E-state index in [9.17, 15) is 4.79 Å². The molecule has 4 nitrogen and oxygen atoms in total. The van der Waals surface area contributed by atoms with E-state index in [4.69, 9.17) is 4.42 Å². The number of nitrogens with zero attached hydrogens (tertiary/aromatic N) is 1. The molecule has 0 aliphatic carbocycles. The molecule has 0 saturated carbocycles. The molecule has 0 unspecified atom stereocenters. The minimum Gasteiger partial charge on any atom is -0.407 e. The summed E-state index contributed by atoms with van der Waals surface area (Å²) in [6, 6.07) is 0. The van der Waals surface area contributed by atoms with Crippen LogP contribution in [0.25, 0.3) is 0 Å². The maximum atomic E-state index is 10.5. The van der Waals surface area contributed by atoms with E-state index in [1.54, 1.807) is 6.20 Å². The Balaban J connectivity index is 2.73. The van der Waals surface area contributed by atoms with Gasteiger partial charge in [0.1, 0.15) is 6.54 Å². The second-order valence-corrected chi connectivity index (χ2v) is 3.59. The summed E-state index contributed by atoms with van der Waals surface area (Å²) in [4.78, 5) is 13.0. The van der Waals surface area contributed by atoms with Crippen LogP contribution in [0, 0.1) is 0 Å². The predicted octanol–water partition coefficient (Wildman–Crippen LogP) is 0.174. The van der Waals surface area contributed by atoms with Gasteiger partial charge in [-0.1, -0.05) is 0 Å². The second-order valence-electron chi connectivity index (χ2n) is 3.59. The summed E-state index contributed by atoms with van der Waals surface area (Å²) in [6.07, 6.45) is 1.60. The first-order valence-corrected chi connectivity index (χ1v) is 3.45. The van der Waals surface area contributed by atoms with E-state index < -0.39 is 0 Å². The Morgan fingerprint density at radius 1 is 1.55 bits per heavy atom. The highest BCUT2D eigenvalue weighted by Crippen LogP contribution is 2.01. The lowest BCUT2D eigenvalue weighted by atomic mass is 10.4. The number of hydrogen-bond acceptors (Lipinski definition) is 2. The van der Waals surface area contributed by atoms with E-state index in [1.807, 2.05) is 21.1 Å². The van der Waals surface area contributed by atoms with Crippen molar-refractivity contribution in [2.24, 2.45) is 0 Å². The van der Waals surface area contributed by atoms with E-state index in [-0.39, 0.29) is 5.76 Å². The SMILES string of the molecule is C[N+](C)(C)Cc1c[nH]c(=O)o1. The Morgan fingerprint density at radius 2 is 2.18 bits per heavy atom. The Hall–Kier alpha value is -1.03. The number of H-pyrrole nitrogens is 1. The molecular weight excluding hydrogens is 144 g/mol. The van der Waals surface area contributed by atoms with E-state index >= 15 is 0 Å². The van der Waals surface area contributed by atoms with Crippen LogP contribution in [0.5, 0.6) is 0 Å². The van der Waals surface area contributed by atoms with Gasteiger partial charge in [-0.05, 0) is 0 Å². The molecule has 0 spiro atoms. The minimum atomic E-state index is -0.381. The number of quaternary nitrogens is 1. The number of hydrogen-bond donors (Lipinski definition) is 1. The molecule has 0 saturated heterocycles. The van der Waals surface area contributed by atoms with Crippen LogP contribution in [0.3, 0.4) is 0 Å². The molecule has 1 aromatic heterocycles. The first-order valence-electron chi connectivity index (χ1n) is 3.45. The van der Waals surface area contributed by atoms with Crippen molar-refractivity contribution in [1.29, 1.82) is 0 Å². The molecule has 0 radical (unpaired) electrons. The largest absolute Gasteiger partial charge is 0.416 e. The van der Waals surface area contributed by atoms with Crippen molar-refractivity contribution in [2.75, 3.05) is 21.1 Å². The van der Waals surface area contributed by atoms with E-state index in [0.29, 0.717) is 5.76 Å². The Morgan fingerprint density at radius 3 is 2.55 bits per heavy atom. The number of oxazole rings is 1. The molecular formula is C7H13N2O2+. The smallest absolute Gasteiger partial charge is 0.407 e. The van der Waals surface area contributed by atoms with Crippen LogP contribution in [-0.4, -0.2) is 30.6 Å². The topological polar surface area (TPSA) is 46.0 Å². The molecule has 4 heteroatoms. The summed E-state index contributed by atoms with van der Waals surface area (Å²) in [5, 5.41) is 0. The third-order valence-corrected chi connectivity index (χ3v) is 1.20. The highest BCUT2D eigenvalue weighted by Gasteiger charge is 2.11. The Labute approximate surface area is 65.0 Å². The molecule has 1 rings (SSSR count). The van der Waals surface area contributed by atoms with Gasteiger partial charge in [-0.2, -0.15) is 0 Å². The maximum absolute atomic E-state index is 10.5. The average molecular weight is 157 g/mol. The predicted molar refractivity (Wildman–Crippen MR) is 41.1 cm³/mol. The number of aromatic amines is 1. The number of nitrogens with one attached hydrogen (secondary N) is 1. The maximum Gasteiger partial charge on any atom is 0.416 e. The molecule has 0 amide bonds. The van der Waals surface area contributed by atoms with Gasteiger partial charge in [0.25, 0.3) is 0 Å². The van der Waals surface area contributed by atoms with Crippen LogP contribution < -0.4 is 5.76 Å². The zero-order valence-corrected chi connectivity index (χ0v) is 7.05. The van der Waals surface area contributed by atoms with Gasteiger partial charge in [-0.15, -0.1) is 0 Å². The molecule has 0 aliphatic rings. The third kappa shape index (κ3) is 2.59. The monoisotopic (exact) mass is 157 g/mol. The number of aromatic nitrogens is 1. The zero-order valence-electron chi connectivity index (χ0n) is 7.05. The summed E-state index contributed by atoms with van der Waals surface area (Å²) in [7, 11) is 6.10. The van der Waals surface area contributed by atoms with Gasteiger partial charge in [0.15, 0.2) is 5.76 Å². The van der Waals surface area contributed by atoms with Crippen molar-refractivity contribution in [3.8, 4) is 0 Å². The summed E-state index contributed by atoms with van der Waals surface area (Å²) in [5.74, 6) is 0.316. The van der Waals surface area contributed by atoms with Crippen molar-refractivity contribution in [1.82, 2.24) is 4.98 Å². The van der Waals surface area contributed by atoms with Gasteiger partial charge in [0.05, 0.1) is 27.3 Å². The molecule has 0 atom stereocenters. The van der Waals surface area contributed by atoms with Gasteiger partial charge in [0.2, 0.25) is 0 Å². The zero-order chi connectivity index (χ0) is 8.48. The summed E-state index contributed by atoms with van der Waals surface area (Å²) < 4.78 is 5.58. The van der Waals surface area contributed by atoms with Crippen LogP contribution in [0.4, 0.5) is 0 Å². The average Bonchev–Trinajstić information content (AvgIpc) is 2.10. The molecule has 1 aromatic rings. The standard InChI is InChI=1S/C7H12N2O2/c1-9(2,3)5-6-4-8-7(10)11-6/h4H,5H2,1-3H3/p+1. The van der Waals surface area contributed by atoms with E-state index in [2.05, 4.69) is 4.98 Å². The summed E-state index contributed by atoms with van der Waals surface area (Å²) in [6.45, 7) is 0.721. The fourth-order valence-corrected chi connectivity index (χ4v) is 0.863. The molecule has 1 N–H and O–H groups in total. The molecule has 11 heavy (non-hydrogen) atoms. The first kappa shape index (κ1) is 8.07. The Kier molecular flexibility index (Phi) is 1.87. The molecule has 1 heterocycles. The van der Waals surface area contributed by atoms with Crippen LogP contribution in [0.1, 0.15) is 5.76 Å². The fraction of sp³-hybridized carbons (Fsp3) is 0.571. The molecule has 0 fully saturated rings. The highest BCUT2D eigenvalue weighted by molar-refractivity contribution is 4.85. The van der Waals surface area contributed by atoms with Crippen LogP contribution >= 0.6 is 0 Å². The number of rotatable bonds is 2. The highest BCUT2D eigenvalue weighted by atomic mass is 16.4. The summed E-state index contributed by atoms with van der Waals surface area (Å²) >= 11 is 0. The lowest BCUT2D eigenvalue weighted by molar-refractivity contribution is -0.884. The molecule has 0 bridgehead atoms. The lowest BCUT2D eigenvalue weighted by Gasteiger charge is -2.21. The normalized spacial score (nSPS) is 11.9. The van der Waals surface area contributed by atoms with E-state index in [0.717, 1.165) is 11.0 Å². The van der Waals surface area contributed by atoms with Gasteiger partial charge in [-0.25, -0.2) is 4.79 Å². The van der Waals surface area contributed by atoms with Crippen molar-refractivity contribution >= 4 is 0 Å². The quantitative estimate of drug-likeness (QED) is 0.622. The summed E-state index contributed by atoms with van der Waals surface area (Å²) in [5.41, 5.74) is 0. The first-order chi connectivity index (χ1) is 4.97. The van der Waals surface area contributed by atoms with Crippen molar-refractivity contribution in [2.45, 2.75) is 6.54 Å². The minimum absolute atomic E-state index is 0.381. The molecule has 0 aliphatic heterocycles. The van der Waals surface area contributed by atoms with Crippen molar-refractivity contribution in [3.05, 3.63) is 22.5 Å². The Bertz CT molecular complexity index is 279. The third-order valence-electron chi connectivity index (χ3n) is 1.20.